The number of allylic oxidation sites excluding steroid dienone is 4. The Morgan fingerprint density at radius 3 is 0.854 bits per heavy atom. The largest absolute Gasteiger partial charge is 0.277 e. The molecule has 22 heteroatoms. The van der Waals surface area contributed by atoms with Gasteiger partial charge in [0.05, 0.1) is 77.0 Å². The van der Waals surface area contributed by atoms with Gasteiger partial charge in [-0.2, -0.15) is 0 Å². The van der Waals surface area contributed by atoms with E-state index in [1.54, 1.807) is 0 Å². The van der Waals surface area contributed by atoms with Gasteiger partial charge in [0.1, 0.15) is 19.5 Å². The molecule has 2 saturated carbocycles. The summed E-state index contributed by atoms with van der Waals surface area (Å²) in [6.45, 7) is -1.20. The number of amides is 4. The van der Waals surface area contributed by atoms with Crippen molar-refractivity contribution in [3.63, 3.8) is 0 Å². The number of halogens is 16. The van der Waals surface area contributed by atoms with Crippen molar-refractivity contribution >= 4 is 209 Å². The average Bonchev–Trinajstić information content (AvgIpc) is 3.59. The molecule has 6 nitrogen and oxygen atoms in total. The predicted octanol–water partition coefficient (Wildman–Crippen LogP) is 10.2. The van der Waals surface area contributed by atoms with E-state index in [9.17, 15) is 19.2 Å². The Morgan fingerprint density at radius 1 is 0.396 bits per heavy atom. The lowest BCUT2D eigenvalue weighted by atomic mass is 9.84. The second kappa shape index (κ2) is 11.1. The summed E-state index contributed by atoms with van der Waals surface area (Å²) in [7, 11) is 0. The molecule has 4 bridgehead atoms. The van der Waals surface area contributed by atoms with Gasteiger partial charge in [-0.05, 0) is 0 Å². The van der Waals surface area contributed by atoms with Crippen LogP contribution in [-0.4, -0.2) is 61.6 Å². The molecule has 0 spiro atoms. The maximum atomic E-state index is 13.9. The highest BCUT2D eigenvalue weighted by Crippen LogP contribution is 2.79. The van der Waals surface area contributed by atoms with Gasteiger partial charge in [-0.3, -0.25) is 29.0 Å². The van der Waals surface area contributed by atoms with Crippen molar-refractivity contribution in [1.29, 1.82) is 0 Å². The van der Waals surface area contributed by atoms with Gasteiger partial charge in [0.25, 0.3) is 0 Å². The van der Waals surface area contributed by atoms with Crippen LogP contribution in [0.25, 0.3) is 0 Å². The lowest BCUT2D eigenvalue weighted by Gasteiger charge is -2.35. The van der Waals surface area contributed by atoms with E-state index < -0.39 is 88.6 Å². The van der Waals surface area contributed by atoms with E-state index in [0.29, 0.717) is 0 Å². The second-order valence-electron chi connectivity index (χ2n) is 11.9. The van der Waals surface area contributed by atoms with Crippen LogP contribution < -0.4 is 0 Å². The molecule has 1 aromatic rings. The molecule has 4 amide bonds. The summed E-state index contributed by atoms with van der Waals surface area (Å²) in [6, 6.07) is 0. The van der Waals surface area contributed by atoms with Crippen LogP contribution in [0, 0.1) is 23.7 Å². The molecule has 0 aromatic heterocycles. The van der Waals surface area contributed by atoms with Crippen LogP contribution in [-0.2, 0) is 32.3 Å². The summed E-state index contributed by atoms with van der Waals surface area (Å²) in [4.78, 5) is 48.7. The Hall–Kier alpha value is 1.62. The van der Waals surface area contributed by atoms with Crippen molar-refractivity contribution in [3.8, 4) is 0 Å². The van der Waals surface area contributed by atoms with Gasteiger partial charge in [-0.1, -0.05) is 139 Å². The number of imide groups is 2. The molecule has 1 aromatic carbocycles. The summed E-state index contributed by atoms with van der Waals surface area (Å²) in [5, 5.41) is -2.16. The second-order valence-corrected chi connectivity index (χ2v) is 20.0. The number of carbonyl (C=O) groups is 4. The Morgan fingerprint density at radius 2 is 0.625 bits per heavy atom. The summed E-state index contributed by atoms with van der Waals surface area (Å²) >= 11 is 105. The highest BCUT2D eigenvalue weighted by molar-refractivity contribution is 6.68. The number of hydrogen-bond acceptors (Lipinski definition) is 4. The van der Waals surface area contributed by atoms with Gasteiger partial charge in [-0.25, -0.2) is 0 Å². The van der Waals surface area contributed by atoms with E-state index in [2.05, 4.69) is 0 Å². The van der Waals surface area contributed by atoms with Crippen LogP contribution in [0.5, 0.6) is 0 Å². The lowest BCUT2D eigenvalue weighted by Crippen LogP contribution is -2.50. The van der Waals surface area contributed by atoms with Crippen molar-refractivity contribution in [3.05, 3.63) is 51.3 Å². The molecular weight excluding hydrogens is 972 g/mol. The average molecular weight is 980 g/mol. The monoisotopic (exact) mass is 972 g/mol. The topological polar surface area (TPSA) is 74.8 Å². The maximum Gasteiger partial charge on any atom is 0.235 e. The molecule has 0 radical (unpaired) electrons. The molecule has 2 aliphatic heterocycles. The number of carbonyl (C=O) groups excluding carboxylic acids is 4. The first-order valence-corrected chi connectivity index (χ1v) is 19.1. The predicted molar refractivity (Wildman–Crippen MR) is 192 cm³/mol. The molecule has 8 unspecified atom stereocenters. The molecule has 7 rings (SSSR count). The highest BCUT2D eigenvalue weighted by atomic mass is 35.5. The van der Waals surface area contributed by atoms with Gasteiger partial charge in [0.15, 0.2) is 8.67 Å². The molecule has 258 valence electrons. The van der Waals surface area contributed by atoms with E-state index in [1.165, 1.54) is 0 Å². The molecule has 2 heterocycles. The molecule has 4 fully saturated rings. The first-order chi connectivity index (χ1) is 21.9. The van der Waals surface area contributed by atoms with E-state index in [-0.39, 0.29) is 51.3 Å². The third kappa shape index (κ3) is 3.77. The van der Waals surface area contributed by atoms with Gasteiger partial charge < -0.3 is 0 Å². The molecule has 0 N–H and O–H groups in total. The first kappa shape index (κ1) is 37.9. The third-order valence-electron chi connectivity index (χ3n) is 10.1. The minimum atomic E-state index is -2.15. The van der Waals surface area contributed by atoms with Crippen molar-refractivity contribution in [2.75, 3.05) is 0 Å². The summed E-state index contributed by atoms with van der Waals surface area (Å²) in [5.41, 5.74) is -0.181. The molecule has 48 heavy (non-hydrogen) atoms. The minimum absolute atomic E-state index is 0.0903. The number of nitrogens with zero attached hydrogens (tertiary/aromatic N) is 2. The summed E-state index contributed by atoms with van der Waals surface area (Å²) in [6.07, 6.45) is 0. The Labute approximate surface area is 350 Å². The summed E-state index contributed by atoms with van der Waals surface area (Å²) in [5.74, 6) is -9.19. The number of benzene rings is 1. The Kier molecular flexibility index (Phi) is 8.78. The maximum absolute atomic E-state index is 13.9. The third-order valence-corrected chi connectivity index (χ3v) is 20.5. The van der Waals surface area contributed by atoms with E-state index >= 15 is 0 Å². The molecule has 6 aliphatic rings. The zero-order valence-corrected chi connectivity index (χ0v) is 34.4. The quantitative estimate of drug-likeness (QED) is 0.130. The van der Waals surface area contributed by atoms with Crippen molar-refractivity contribution in [2.24, 2.45) is 23.7 Å². The van der Waals surface area contributed by atoms with Crippen molar-refractivity contribution in [1.82, 2.24) is 9.80 Å². The van der Waals surface area contributed by atoms with Gasteiger partial charge in [0, 0.05) is 11.1 Å². The molecule has 2 saturated heterocycles. The molecule has 4 aliphatic carbocycles. The Bertz CT molecular complexity index is 1710. The van der Waals surface area contributed by atoms with Crippen LogP contribution in [0.15, 0.2) is 20.1 Å². The lowest BCUT2D eigenvalue weighted by molar-refractivity contribution is -0.142. The van der Waals surface area contributed by atoms with Gasteiger partial charge in [0.2, 0.25) is 23.6 Å². The zero-order chi connectivity index (χ0) is 36.0. The normalized spacial score (nSPS) is 40.4. The summed E-state index contributed by atoms with van der Waals surface area (Å²) < 4.78 is -4.30. The fourth-order valence-corrected chi connectivity index (χ4v) is 14.8. The smallest absolute Gasteiger partial charge is 0.235 e. The fourth-order valence-electron chi connectivity index (χ4n) is 7.75. The van der Waals surface area contributed by atoms with E-state index in [0.717, 1.165) is 9.80 Å². The molecule has 8 atom stereocenters. The number of likely N-dealkylation sites (tertiary alicyclic amines) is 2. The number of alkyl halides is 8. The van der Waals surface area contributed by atoms with Crippen LogP contribution >= 0.6 is 186 Å². The standard InChI is InChI=1S/C26H8Cl16N2O4/c27-9-3(1-43-17(45)5-6(18(43)46)22(36)14(32)13(31)21(5,35)25(22,39)40)10(28)12(30)11(29)4(9)2-44-19(47)7-8(20(44)48)24(38)16(34)15(33)23(7,37)26(24,41)42/h5-8H,1-2H2. The van der Waals surface area contributed by atoms with Gasteiger partial charge in [-0.15, -0.1) is 46.4 Å². The van der Waals surface area contributed by atoms with Gasteiger partial charge >= 0.3 is 0 Å². The van der Waals surface area contributed by atoms with Crippen LogP contribution in [0.1, 0.15) is 11.1 Å². The number of hydrogen-bond donors (Lipinski definition) is 0. The number of rotatable bonds is 4. The molecular formula is C26H8Cl16N2O4. The Balaban J connectivity index is 1.25. The number of fused-ring (bicyclic) bond motifs is 10. The van der Waals surface area contributed by atoms with Crippen LogP contribution in [0.4, 0.5) is 0 Å². The first-order valence-electron chi connectivity index (χ1n) is 13.1. The van der Waals surface area contributed by atoms with Crippen LogP contribution in [0.3, 0.4) is 0 Å². The minimum Gasteiger partial charge on any atom is -0.277 e. The zero-order valence-electron chi connectivity index (χ0n) is 22.3. The van der Waals surface area contributed by atoms with Crippen LogP contribution in [0.2, 0.25) is 20.1 Å². The van der Waals surface area contributed by atoms with Crippen molar-refractivity contribution in [2.45, 2.75) is 41.3 Å². The fraction of sp³-hybridized carbons (Fsp3) is 0.462. The highest BCUT2D eigenvalue weighted by Gasteiger charge is 2.89. The van der Waals surface area contributed by atoms with Crippen molar-refractivity contribution < 1.29 is 19.2 Å². The van der Waals surface area contributed by atoms with E-state index in [4.69, 9.17) is 186 Å². The van der Waals surface area contributed by atoms with E-state index in [1.807, 2.05) is 0 Å². The SMILES string of the molecule is O=C1C2C(C(=O)N1Cc1c(Cl)c(Cl)c(Cl)c(CN3C(=O)C4C(C3=O)C3(Cl)C(Cl)=C(Cl)C4(Cl)C3(Cl)Cl)c1Cl)C1(Cl)C(Cl)=C(Cl)C2(Cl)C1(Cl)Cl.